The van der Waals surface area contributed by atoms with Crippen LogP contribution in [0.5, 0.6) is 0 Å². The number of hydrogen-bond acceptors (Lipinski definition) is 4. The first-order valence-corrected chi connectivity index (χ1v) is 8.08. The van der Waals surface area contributed by atoms with E-state index in [0.29, 0.717) is 5.69 Å². The number of hydrogen-bond donors (Lipinski definition) is 3. The summed E-state index contributed by atoms with van der Waals surface area (Å²) in [5.74, 6) is -1.70. The first-order valence-electron chi connectivity index (χ1n) is 8.08. The van der Waals surface area contributed by atoms with Crippen molar-refractivity contribution in [3.63, 3.8) is 0 Å². The van der Waals surface area contributed by atoms with Crippen LogP contribution in [0.15, 0.2) is 36.4 Å². The zero-order chi connectivity index (χ0) is 18.8. The lowest BCUT2D eigenvalue weighted by atomic mass is 10.0. The van der Waals surface area contributed by atoms with E-state index in [1.54, 1.807) is 19.1 Å². The van der Waals surface area contributed by atoms with E-state index in [0.717, 1.165) is 10.8 Å². The molecule has 4 N–H and O–H groups in total. The van der Waals surface area contributed by atoms with E-state index in [9.17, 15) is 14.7 Å². The fourth-order valence-corrected chi connectivity index (χ4v) is 2.68. The lowest BCUT2D eigenvalue weighted by molar-refractivity contribution is -0.146. The molecule has 2 rings (SSSR count). The van der Waals surface area contributed by atoms with Crippen molar-refractivity contribution in [3.05, 3.63) is 42.0 Å². The minimum absolute atomic E-state index is 0.243. The van der Waals surface area contributed by atoms with Gasteiger partial charge in [-0.2, -0.15) is 0 Å². The van der Waals surface area contributed by atoms with Crippen LogP contribution in [0.3, 0.4) is 0 Å². The summed E-state index contributed by atoms with van der Waals surface area (Å²) in [5.41, 5.74) is 5.99. The van der Waals surface area contributed by atoms with Crippen molar-refractivity contribution in [2.45, 2.75) is 45.4 Å². The van der Waals surface area contributed by atoms with Crippen LogP contribution in [0.4, 0.5) is 5.69 Å². The molecule has 2 atom stereocenters. The molecule has 0 saturated carbocycles. The standard InChI is InChI=1S/C19H24N2O4/c1-11(25-19(2,3)4)16(18(23)24)21-17(22)14-9-12-7-5-6-8-13(12)10-15(14)20/h5-11,16H,20H2,1-4H3,(H,21,22)(H,23,24)/t11-,16+/m1/s1. The Balaban J connectivity index is 2.26. The average molecular weight is 344 g/mol. The summed E-state index contributed by atoms with van der Waals surface area (Å²) in [6.45, 7) is 7.09. The highest BCUT2D eigenvalue weighted by atomic mass is 16.5. The summed E-state index contributed by atoms with van der Waals surface area (Å²) in [7, 11) is 0. The number of ether oxygens (including phenoxy) is 1. The summed E-state index contributed by atoms with van der Waals surface area (Å²) in [6.07, 6.45) is -0.705. The number of nitrogens with one attached hydrogen (secondary N) is 1. The monoisotopic (exact) mass is 344 g/mol. The number of benzene rings is 2. The van der Waals surface area contributed by atoms with Crippen molar-refractivity contribution in [3.8, 4) is 0 Å². The van der Waals surface area contributed by atoms with Gasteiger partial charge in [0.1, 0.15) is 0 Å². The molecule has 2 aromatic rings. The van der Waals surface area contributed by atoms with Gasteiger partial charge in [-0.3, -0.25) is 4.79 Å². The highest BCUT2D eigenvalue weighted by Gasteiger charge is 2.31. The van der Waals surface area contributed by atoms with E-state index in [-0.39, 0.29) is 5.56 Å². The van der Waals surface area contributed by atoms with Gasteiger partial charge in [0.05, 0.1) is 17.3 Å². The summed E-state index contributed by atoms with van der Waals surface area (Å²) in [6, 6.07) is 9.69. The summed E-state index contributed by atoms with van der Waals surface area (Å²) >= 11 is 0. The van der Waals surface area contributed by atoms with E-state index >= 15 is 0 Å². The fourth-order valence-electron chi connectivity index (χ4n) is 2.68. The van der Waals surface area contributed by atoms with Crippen molar-refractivity contribution in [1.29, 1.82) is 0 Å². The predicted molar refractivity (Wildman–Crippen MR) is 97.6 cm³/mol. The molecule has 0 aliphatic rings. The van der Waals surface area contributed by atoms with E-state index < -0.39 is 29.6 Å². The van der Waals surface area contributed by atoms with Crippen LogP contribution in [0, 0.1) is 0 Å². The number of carbonyl (C=O) groups excluding carboxylic acids is 1. The minimum Gasteiger partial charge on any atom is -0.480 e. The SMILES string of the molecule is C[C@@H](OC(C)(C)C)[C@H](NC(=O)c1cc2ccccc2cc1N)C(=O)O. The Morgan fingerprint density at radius 1 is 1.16 bits per heavy atom. The molecule has 0 spiro atoms. The Hall–Kier alpha value is -2.60. The third-order valence-corrected chi connectivity index (χ3v) is 3.72. The second-order valence-corrected chi connectivity index (χ2v) is 7.01. The lowest BCUT2D eigenvalue weighted by Crippen LogP contribution is -2.50. The van der Waals surface area contributed by atoms with E-state index in [1.807, 2.05) is 45.0 Å². The molecule has 0 unspecified atom stereocenters. The first-order chi connectivity index (χ1) is 11.6. The van der Waals surface area contributed by atoms with Crippen LogP contribution in [0.25, 0.3) is 10.8 Å². The smallest absolute Gasteiger partial charge is 0.328 e. The Morgan fingerprint density at radius 2 is 1.72 bits per heavy atom. The van der Waals surface area contributed by atoms with Crippen LogP contribution in [0.1, 0.15) is 38.1 Å². The molecule has 6 heteroatoms. The van der Waals surface area contributed by atoms with Crippen LogP contribution >= 0.6 is 0 Å². The van der Waals surface area contributed by atoms with Crippen molar-refractivity contribution in [2.24, 2.45) is 0 Å². The molecule has 0 aliphatic carbocycles. The van der Waals surface area contributed by atoms with Gasteiger partial charge in [0, 0.05) is 5.69 Å². The number of fused-ring (bicyclic) bond motifs is 1. The predicted octanol–water partition coefficient (Wildman–Crippen LogP) is 2.81. The molecule has 0 radical (unpaired) electrons. The largest absolute Gasteiger partial charge is 0.480 e. The number of rotatable bonds is 5. The molecule has 0 heterocycles. The van der Waals surface area contributed by atoms with Gasteiger partial charge in [-0.15, -0.1) is 0 Å². The maximum Gasteiger partial charge on any atom is 0.328 e. The van der Waals surface area contributed by atoms with Crippen molar-refractivity contribution < 1.29 is 19.4 Å². The zero-order valence-corrected chi connectivity index (χ0v) is 14.9. The van der Waals surface area contributed by atoms with Crippen LogP contribution in [0.2, 0.25) is 0 Å². The highest BCUT2D eigenvalue weighted by Crippen LogP contribution is 2.22. The molecule has 2 aromatic carbocycles. The summed E-state index contributed by atoms with van der Waals surface area (Å²) < 4.78 is 5.67. The second-order valence-electron chi connectivity index (χ2n) is 7.01. The zero-order valence-electron chi connectivity index (χ0n) is 14.9. The summed E-state index contributed by atoms with van der Waals surface area (Å²) in [4.78, 5) is 24.1. The molecule has 6 nitrogen and oxygen atoms in total. The number of amides is 1. The van der Waals surface area contributed by atoms with Crippen LogP contribution in [-0.4, -0.2) is 34.7 Å². The summed E-state index contributed by atoms with van der Waals surface area (Å²) in [5, 5.41) is 13.7. The Kier molecular flexibility index (Phi) is 5.33. The molecule has 0 aliphatic heterocycles. The van der Waals surface area contributed by atoms with Crippen LogP contribution in [-0.2, 0) is 9.53 Å². The Morgan fingerprint density at radius 3 is 2.24 bits per heavy atom. The molecule has 1 amide bonds. The highest BCUT2D eigenvalue weighted by molar-refractivity contribution is 6.05. The minimum atomic E-state index is -1.18. The lowest BCUT2D eigenvalue weighted by Gasteiger charge is -2.29. The molecule has 0 bridgehead atoms. The van der Waals surface area contributed by atoms with Crippen molar-refractivity contribution >= 4 is 28.3 Å². The number of carboxylic acids is 1. The van der Waals surface area contributed by atoms with Gasteiger partial charge in [-0.1, -0.05) is 24.3 Å². The van der Waals surface area contributed by atoms with Crippen molar-refractivity contribution in [1.82, 2.24) is 5.32 Å². The molecule has 25 heavy (non-hydrogen) atoms. The third-order valence-electron chi connectivity index (χ3n) is 3.72. The van der Waals surface area contributed by atoms with Gasteiger partial charge >= 0.3 is 5.97 Å². The molecular weight excluding hydrogens is 320 g/mol. The van der Waals surface area contributed by atoms with Gasteiger partial charge in [-0.05, 0) is 50.6 Å². The normalized spacial score (nSPS) is 14.1. The van der Waals surface area contributed by atoms with Gasteiger partial charge < -0.3 is 20.9 Å². The number of nitrogen functional groups attached to an aromatic ring is 1. The maximum absolute atomic E-state index is 12.6. The number of carbonyl (C=O) groups is 2. The second kappa shape index (κ2) is 7.11. The van der Waals surface area contributed by atoms with Gasteiger partial charge in [0.15, 0.2) is 6.04 Å². The molecule has 134 valence electrons. The third kappa shape index (κ3) is 4.70. The Bertz CT molecular complexity index is 796. The van der Waals surface area contributed by atoms with E-state index in [2.05, 4.69) is 5.32 Å². The van der Waals surface area contributed by atoms with E-state index in [1.165, 1.54) is 0 Å². The number of anilines is 1. The quantitative estimate of drug-likeness (QED) is 0.724. The van der Waals surface area contributed by atoms with Gasteiger partial charge in [0.25, 0.3) is 5.91 Å². The number of aliphatic carboxylic acids is 1. The molecule has 0 aromatic heterocycles. The molecular formula is C19H24N2O4. The van der Waals surface area contributed by atoms with Crippen molar-refractivity contribution in [2.75, 3.05) is 5.73 Å². The average Bonchev–Trinajstić information content (AvgIpc) is 2.49. The van der Waals surface area contributed by atoms with Crippen LogP contribution < -0.4 is 11.1 Å². The number of nitrogens with two attached hydrogens (primary N) is 1. The fraction of sp³-hybridized carbons (Fsp3) is 0.368. The molecule has 0 fully saturated rings. The topological polar surface area (TPSA) is 102 Å². The Labute approximate surface area is 147 Å². The number of carboxylic acid groups (broad SMARTS) is 1. The van der Waals surface area contributed by atoms with Gasteiger partial charge in [-0.25, -0.2) is 4.79 Å². The molecule has 0 saturated heterocycles. The van der Waals surface area contributed by atoms with E-state index in [4.69, 9.17) is 10.5 Å². The first kappa shape index (κ1) is 18.7. The van der Waals surface area contributed by atoms with Gasteiger partial charge in [0.2, 0.25) is 0 Å². The maximum atomic E-state index is 12.6.